The quantitative estimate of drug-likeness (QED) is 0.549. The monoisotopic (exact) mass is 414 g/mol. The first-order valence-corrected chi connectivity index (χ1v) is 11.2. The smallest absolute Gasteiger partial charge is 0.252 e. The second kappa shape index (κ2) is 9.49. The van der Waals surface area contributed by atoms with Crippen molar-refractivity contribution in [2.75, 3.05) is 26.2 Å². The number of thiophene rings is 1. The van der Waals surface area contributed by atoms with Crippen LogP contribution in [0.25, 0.3) is 10.2 Å². The zero-order chi connectivity index (χ0) is 20.1. The third-order valence-corrected chi connectivity index (χ3v) is 7.07. The average molecular weight is 415 g/mol. The van der Waals surface area contributed by atoms with E-state index in [0.29, 0.717) is 12.1 Å². The van der Waals surface area contributed by atoms with Gasteiger partial charge in [-0.05, 0) is 44.6 Å². The molecule has 1 amide bonds. The Hall–Kier alpha value is -1.96. The lowest BCUT2D eigenvalue weighted by Crippen LogP contribution is -2.34. The molecule has 28 heavy (non-hydrogen) atoms. The largest absolute Gasteiger partial charge is 0.351 e. The topological polar surface area (TPSA) is 58.1 Å². The number of hydrogen-bond donors (Lipinski definition) is 1. The van der Waals surface area contributed by atoms with E-state index < -0.39 is 0 Å². The molecule has 0 aliphatic carbocycles. The number of benzene rings is 1. The normalized spacial score (nSPS) is 11.3. The molecule has 0 atom stereocenters. The van der Waals surface area contributed by atoms with Crippen LogP contribution in [0.1, 0.15) is 34.6 Å². The maximum absolute atomic E-state index is 12.8. The third-order valence-electron chi connectivity index (χ3n) is 4.88. The number of fused-ring (bicyclic) bond motifs is 1. The summed E-state index contributed by atoms with van der Waals surface area (Å²) in [6.45, 7) is 11.9. The number of hydrogen-bond acceptors (Lipinski definition) is 6. The molecule has 0 spiro atoms. The summed E-state index contributed by atoms with van der Waals surface area (Å²) in [5.41, 5.74) is 1.90. The molecule has 5 nitrogen and oxygen atoms in total. The molecule has 0 bridgehead atoms. The van der Waals surface area contributed by atoms with Crippen LogP contribution in [0, 0.1) is 13.8 Å². The Morgan fingerprint density at radius 3 is 2.68 bits per heavy atom. The van der Waals surface area contributed by atoms with Gasteiger partial charge in [-0.25, -0.2) is 9.97 Å². The molecule has 0 saturated heterocycles. The Bertz CT molecular complexity index is 966. The second-order valence-electron chi connectivity index (χ2n) is 6.52. The molecule has 148 valence electrons. The summed E-state index contributed by atoms with van der Waals surface area (Å²) in [5.74, 6) is -0.0428. The van der Waals surface area contributed by atoms with Gasteiger partial charge in [0.15, 0.2) is 0 Å². The van der Waals surface area contributed by atoms with E-state index >= 15 is 0 Å². The Morgan fingerprint density at radius 2 is 1.93 bits per heavy atom. The van der Waals surface area contributed by atoms with Gasteiger partial charge in [0.2, 0.25) is 0 Å². The summed E-state index contributed by atoms with van der Waals surface area (Å²) in [7, 11) is 0. The lowest BCUT2D eigenvalue weighted by Gasteiger charge is -2.18. The van der Waals surface area contributed by atoms with E-state index in [-0.39, 0.29) is 5.91 Å². The molecule has 1 N–H and O–H groups in total. The Labute approximate surface area is 174 Å². The summed E-state index contributed by atoms with van der Waals surface area (Å²) >= 11 is 3.22. The lowest BCUT2D eigenvalue weighted by molar-refractivity contribution is 0.0946. The van der Waals surface area contributed by atoms with Crippen molar-refractivity contribution < 1.29 is 4.79 Å². The van der Waals surface area contributed by atoms with Crippen molar-refractivity contribution in [2.45, 2.75) is 37.6 Å². The van der Waals surface area contributed by atoms with Gasteiger partial charge in [-0.3, -0.25) is 4.79 Å². The van der Waals surface area contributed by atoms with E-state index in [4.69, 9.17) is 0 Å². The van der Waals surface area contributed by atoms with Gasteiger partial charge >= 0.3 is 0 Å². The molecule has 0 aliphatic rings. The van der Waals surface area contributed by atoms with Crippen LogP contribution >= 0.6 is 23.1 Å². The fraction of sp³-hybridized carbons (Fsp3) is 0.381. The van der Waals surface area contributed by atoms with Crippen LogP contribution in [0.2, 0.25) is 0 Å². The molecule has 0 saturated carbocycles. The minimum Gasteiger partial charge on any atom is -0.351 e. The zero-order valence-corrected chi connectivity index (χ0v) is 18.4. The van der Waals surface area contributed by atoms with Gasteiger partial charge in [-0.2, -0.15) is 0 Å². The Morgan fingerprint density at radius 1 is 1.18 bits per heavy atom. The van der Waals surface area contributed by atoms with Crippen molar-refractivity contribution in [1.82, 2.24) is 20.2 Å². The molecule has 1 aromatic carbocycles. The van der Waals surface area contributed by atoms with Gasteiger partial charge in [-0.15, -0.1) is 11.3 Å². The third kappa shape index (κ3) is 4.54. The predicted molar refractivity (Wildman–Crippen MR) is 118 cm³/mol. The van der Waals surface area contributed by atoms with E-state index in [2.05, 4.69) is 47.9 Å². The maximum atomic E-state index is 12.8. The van der Waals surface area contributed by atoms with Crippen LogP contribution in [0.3, 0.4) is 0 Å². The second-order valence-corrected chi connectivity index (χ2v) is 8.76. The molecule has 2 heterocycles. The highest BCUT2D eigenvalue weighted by Crippen LogP contribution is 2.38. The zero-order valence-electron chi connectivity index (χ0n) is 16.8. The molecule has 7 heteroatoms. The number of aryl methyl sites for hydroxylation is 2. The van der Waals surface area contributed by atoms with Gasteiger partial charge in [0.25, 0.3) is 5.91 Å². The summed E-state index contributed by atoms with van der Waals surface area (Å²) in [4.78, 5) is 27.1. The van der Waals surface area contributed by atoms with Crippen molar-refractivity contribution in [3.63, 3.8) is 0 Å². The highest BCUT2D eigenvalue weighted by atomic mass is 32.2. The summed E-state index contributed by atoms with van der Waals surface area (Å²) in [6, 6.07) is 7.71. The number of carbonyl (C=O) groups is 1. The molecular formula is C21H26N4OS2. The molecule has 3 rings (SSSR count). The maximum Gasteiger partial charge on any atom is 0.252 e. The lowest BCUT2D eigenvalue weighted by atomic mass is 10.2. The van der Waals surface area contributed by atoms with Crippen molar-refractivity contribution in [3.8, 4) is 0 Å². The summed E-state index contributed by atoms with van der Waals surface area (Å²) < 4.78 is 0. The van der Waals surface area contributed by atoms with Gasteiger partial charge in [0, 0.05) is 28.2 Å². The number of amides is 1. The van der Waals surface area contributed by atoms with Crippen molar-refractivity contribution in [1.29, 1.82) is 0 Å². The van der Waals surface area contributed by atoms with Gasteiger partial charge < -0.3 is 10.2 Å². The predicted octanol–water partition coefficient (Wildman–Crippen LogP) is 4.53. The molecule has 0 aliphatic heterocycles. The van der Waals surface area contributed by atoms with Crippen molar-refractivity contribution >= 4 is 39.2 Å². The fourth-order valence-electron chi connectivity index (χ4n) is 3.04. The first-order chi connectivity index (χ1) is 13.5. The fourth-order valence-corrected chi connectivity index (χ4v) is 5.18. The van der Waals surface area contributed by atoms with Crippen molar-refractivity contribution in [2.24, 2.45) is 0 Å². The van der Waals surface area contributed by atoms with Crippen LogP contribution in [-0.4, -0.2) is 47.0 Å². The van der Waals surface area contributed by atoms with E-state index in [1.54, 1.807) is 17.7 Å². The van der Waals surface area contributed by atoms with Crippen LogP contribution in [-0.2, 0) is 0 Å². The SMILES string of the molecule is CCN(CC)CCNC(=O)c1ccccc1Sc1ncnc2sc(C)c(C)c12. The first kappa shape index (κ1) is 20.8. The highest BCUT2D eigenvalue weighted by molar-refractivity contribution is 7.99. The Balaban J connectivity index is 1.81. The molecule has 0 radical (unpaired) electrons. The van der Waals surface area contributed by atoms with E-state index in [0.717, 1.165) is 39.8 Å². The standard InChI is InChI=1S/C21H26N4OS2/c1-5-25(6-2)12-11-22-19(26)16-9-7-8-10-17(16)28-21-18-14(3)15(4)27-20(18)23-13-24-21/h7-10,13H,5-6,11-12H2,1-4H3,(H,22,26). The number of likely N-dealkylation sites (N-methyl/N-ethyl adjacent to an activating group) is 1. The number of aromatic nitrogens is 2. The molecular weight excluding hydrogens is 388 g/mol. The average Bonchev–Trinajstić information content (AvgIpc) is 3.00. The highest BCUT2D eigenvalue weighted by Gasteiger charge is 2.17. The van der Waals surface area contributed by atoms with Gasteiger partial charge in [-0.1, -0.05) is 37.7 Å². The summed E-state index contributed by atoms with van der Waals surface area (Å²) in [5, 5.41) is 5.04. The molecule has 0 unspecified atom stereocenters. The van der Waals surface area contributed by atoms with Gasteiger partial charge in [0.05, 0.1) is 5.56 Å². The van der Waals surface area contributed by atoms with Gasteiger partial charge in [0.1, 0.15) is 16.2 Å². The van der Waals surface area contributed by atoms with Crippen molar-refractivity contribution in [3.05, 3.63) is 46.6 Å². The van der Waals surface area contributed by atoms with Crippen LogP contribution in [0.15, 0.2) is 40.5 Å². The molecule has 2 aromatic heterocycles. The molecule has 3 aromatic rings. The number of nitrogens with one attached hydrogen (secondary N) is 1. The van der Waals surface area contributed by atoms with E-state index in [9.17, 15) is 4.79 Å². The van der Waals surface area contributed by atoms with E-state index in [1.807, 2.05) is 24.3 Å². The summed E-state index contributed by atoms with van der Waals surface area (Å²) in [6.07, 6.45) is 1.60. The van der Waals surface area contributed by atoms with Crippen LogP contribution < -0.4 is 5.32 Å². The van der Waals surface area contributed by atoms with Crippen LogP contribution in [0.4, 0.5) is 0 Å². The number of nitrogens with zero attached hydrogens (tertiary/aromatic N) is 3. The number of rotatable bonds is 8. The van der Waals surface area contributed by atoms with Crippen LogP contribution in [0.5, 0.6) is 0 Å². The molecule has 0 fully saturated rings. The first-order valence-electron chi connectivity index (χ1n) is 9.53. The minimum atomic E-state index is -0.0428. The Kier molecular flexibility index (Phi) is 7.04. The van der Waals surface area contributed by atoms with E-state index in [1.165, 1.54) is 22.2 Å². The number of carbonyl (C=O) groups excluding carboxylic acids is 1. The minimum absolute atomic E-state index is 0.0428.